The molecule has 0 spiro atoms. The molecule has 0 saturated carbocycles. The van der Waals surface area contributed by atoms with Crippen molar-refractivity contribution in [2.45, 2.75) is 238 Å². The normalized spacial score (nSPS) is 14.0. The first-order chi connectivity index (χ1) is 34.0. The van der Waals surface area contributed by atoms with Gasteiger partial charge in [-0.15, -0.1) is 0 Å². The van der Waals surface area contributed by atoms with Crippen LogP contribution in [0.4, 0.5) is 0 Å². The topological polar surface area (TPSA) is 111 Å². The van der Waals surface area contributed by atoms with Crippen LogP contribution in [0.1, 0.15) is 232 Å². The largest absolute Gasteiger partial charge is 0.756 e. The lowest BCUT2D eigenvalue weighted by molar-refractivity contribution is -0.870. The number of rotatable bonds is 51. The molecule has 404 valence electrons. The number of esters is 2. The molecule has 0 bridgehead atoms. The van der Waals surface area contributed by atoms with Gasteiger partial charge in [-0.2, -0.15) is 0 Å². The highest BCUT2D eigenvalue weighted by Crippen LogP contribution is 2.38. The number of nitrogens with zero attached hydrogens (tertiary/aromatic N) is 1. The summed E-state index contributed by atoms with van der Waals surface area (Å²) in [6.45, 7) is 4.07. The van der Waals surface area contributed by atoms with Crippen molar-refractivity contribution in [2.24, 2.45) is 0 Å². The van der Waals surface area contributed by atoms with E-state index in [-0.39, 0.29) is 32.0 Å². The highest BCUT2D eigenvalue weighted by atomic mass is 31.2. The third-order valence-corrected chi connectivity index (χ3v) is 12.9. The van der Waals surface area contributed by atoms with E-state index in [4.69, 9.17) is 18.5 Å². The molecule has 70 heavy (non-hydrogen) atoms. The molecule has 0 rings (SSSR count). The van der Waals surface area contributed by atoms with E-state index in [0.29, 0.717) is 17.4 Å². The van der Waals surface area contributed by atoms with Crippen molar-refractivity contribution in [1.82, 2.24) is 0 Å². The summed E-state index contributed by atoms with van der Waals surface area (Å²) in [5.41, 5.74) is 0. The van der Waals surface area contributed by atoms with Crippen molar-refractivity contribution in [2.75, 3.05) is 47.5 Å². The molecule has 2 atom stereocenters. The van der Waals surface area contributed by atoms with E-state index in [9.17, 15) is 19.0 Å². The van der Waals surface area contributed by atoms with E-state index < -0.39 is 26.5 Å². The van der Waals surface area contributed by atoms with E-state index in [1.165, 1.54) is 116 Å². The van der Waals surface area contributed by atoms with Gasteiger partial charge in [-0.3, -0.25) is 14.2 Å². The van der Waals surface area contributed by atoms with Crippen LogP contribution >= 0.6 is 7.82 Å². The molecular weight excluding hydrogens is 894 g/mol. The van der Waals surface area contributed by atoms with Crippen molar-refractivity contribution in [3.63, 3.8) is 0 Å². The predicted molar refractivity (Wildman–Crippen MR) is 296 cm³/mol. The Hall–Kier alpha value is -2.81. The summed E-state index contributed by atoms with van der Waals surface area (Å²) >= 11 is 0. The number of allylic oxidation sites excluding steroid dienone is 14. The minimum absolute atomic E-state index is 0.0312. The molecule has 2 unspecified atom stereocenters. The maximum absolute atomic E-state index is 12.7. The minimum Gasteiger partial charge on any atom is -0.756 e. The SMILES string of the molecule is CC/C=C\C/C=C\C/C=C\C/C=C\C/C=C\C/C=C\C/C=C\CCCCCCCCCCCCCCCCCCCC(=O)OC(COC(=O)CCCCCCCCC)COP(=O)([O-])OCC[N+](C)(C)C. The zero-order valence-corrected chi connectivity index (χ0v) is 46.6. The second kappa shape index (κ2) is 51.1. The van der Waals surface area contributed by atoms with Gasteiger partial charge in [0.25, 0.3) is 7.82 Å². The smallest absolute Gasteiger partial charge is 0.306 e. The Morgan fingerprint density at radius 2 is 0.814 bits per heavy atom. The van der Waals surface area contributed by atoms with Crippen LogP contribution in [0.15, 0.2) is 85.1 Å². The lowest BCUT2D eigenvalue weighted by Gasteiger charge is -2.28. The average molecular weight is 1000 g/mol. The second-order valence-corrected chi connectivity index (χ2v) is 21.3. The van der Waals surface area contributed by atoms with Gasteiger partial charge in [-0.1, -0.05) is 234 Å². The molecule has 0 saturated heterocycles. The zero-order valence-electron chi connectivity index (χ0n) is 45.7. The van der Waals surface area contributed by atoms with Crippen LogP contribution in [-0.2, 0) is 32.7 Å². The van der Waals surface area contributed by atoms with Crippen molar-refractivity contribution < 1.29 is 42.1 Å². The molecule has 0 aromatic rings. The van der Waals surface area contributed by atoms with E-state index >= 15 is 0 Å². The Kier molecular flexibility index (Phi) is 49.1. The molecule has 9 nitrogen and oxygen atoms in total. The standard InChI is InChI=1S/C60H106NO8P/c1-6-8-10-12-14-15-16-17-18-19-20-21-22-23-24-25-26-27-28-29-30-31-32-33-34-35-36-37-38-39-40-41-42-43-44-45-47-49-51-53-60(63)69-58(57-68-70(64,65)67-55-54-61(3,4)5)56-66-59(62)52-50-48-46-13-11-9-7-2/h8,10,14-15,17-18,20-21,23-24,26-27,29-30,58H,6-7,9,11-13,16,19,22,25,28,31-57H2,1-5H3/b10-8-,15-14-,18-17-,21-20-,24-23-,27-26-,30-29-. The number of likely N-dealkylation sites (N-methyl/N-ethyl adjacent to an activating group) is 1. The number of phosphoric acid groups is 1. The molecule has 0 aliphatic carbocycles. The maximum atomic E-state index is 12.7. The number of hydrogen-bond acceptors (Lipinski definition) is 8. The van der Waals surface area contributed by atoms with Gasteiger partial charge in [-0.05, 0) is 70.6 Å². The number of unbranched alkanes of at least 4 members (excludes halogenated alkanes) is 23. The summed E-state index contributed by atoms with van der Waals surface area (Å²) in [4.78, 5) is 37.5. The number of ether oxygens (including phenoxy) is 2. The van der Waals surface area contributed by atoms with E-state index in [1.807, 2.05) is 21.1 Å². The van der Waals surface area contributed by atoms with Gasteiger partial charge in [0, 0.05) is 12.8 Å². The van der Waals surface area contributed by atoms with E-state index in [0.717, 1.165) is 83.5 Å². The van der Waals surface area contributed by atoms with Crippen LogP contribution < -0.4 is 4.89 Å². The Morgan fingerprint density at radius 3 is 1.21 bits per heavy atom. The van der Waals surface area contributed by atoms with Crippen LogP contribution in [0, 0.1) is 0 Å². The minimum atomic E-state index is -4.62. The van der Waals surface area contributed by atoms with Gasteiger partial charge in [-0.25, -0.2) is 0 Å². The Morgan fingerprint density at radius 1 is 0.457 bits per heavy atom. The first kappa shape index (κ1) is 67.2. The number of quaternary nitrogens is 1. The Balaban J connectivity index is 3.88. The molecule has 0 aliphatic rings. The van der Waals surface area contributed by atoms with E-state index in [1.54, 1.807) is 0 Å². The van der Waals surface area contributed by atoms with E-state index in [2.05, 4.69) is 98.9 Å². The number of carbonyl (C=O) groups is 2. The van der Waals surface area contributed by atoms with Gasteiger partial charge in [0.1, 0.15) is 19.8 Å². The number of carbonyl (C=O) groups excluding carboxylic acids is 2. The quantitative estimate of drug-likeness (QED) is 0.0195. The molecular formula is C60H106NO8P. The molecule has 0 amide bonds. The van der Waals surface area contributed by atoms with Gasteiger partial charge in [0.15, 0.2) is 6.10 Å². The highest BCUT2D eigenvalue weighted by molar-refractivity contribution is 7.45. The summed E-state index contributed by atoms with van der Waals surface area (Å²) in [5, 5.41) is 0. The van der Waals surface area contributed by atoms with Crippen molar-refractivity contribution in [3.05, 3.63) is 85.1 Å². The Bertz CT molecular complexity index is 1460. The van der Waals surface area contributed by atoms with Gasteiger partial charge in [0.2, 0.25) is 0 Å². The van der Waals surface area contributed by atoms with Crippen molar-refractivity contribution in [3.8, 4) is 0 Å². The second-order valence-electron chi connectivity index (χ2n) is 19.9. The lowest BCUT2D eigenvalue weighted by Crippen LogP contribution is -2.37. The maximum Gasteiger partial charge on any atom is 0.306 e. The molecule has 0 radical (unpaired) electrons. The fourth-order valence-electron chi connectivity index (χ4n) is 7.58. The highest BCUT2D eigenvalue weighted by Gasteiger charge is 2.21. The van der Waals surface area contributed by atoms with Gasteiger partial charge >= 0.3 is 11.9 Å². The molecule has 10 heteroatoms. The molecule has 0 aromatic carbocycles. The fourth-order valence-corrected chi connectivity index (χ4v) is 8.31. The van der Waals surface area contributed by atoms with Crippen LogP contribution in [0.5, 0.6) is 0 Å². The zero-order chi connectivity index (χ0) is 51.3. The first-order valence-electron chi connectivity index (χ1n) is 28.3. The van der Waals surface area contributed by atoms with Crippen LogP contribution in [0.3, 0.4) is 0 Å². The fraction of sp³-hybridized carbons (Fsp3) is 0.733. The summed E-state index contributed by atoms with van der Waals surface area (Å²) in [6.07, 6.45) is 68.2. The predicted octanol–water partition coefficient (Wildman–Crippen LogP) is 16.8. The third kappa shape index (κ3) is 54.5. The molecule has 0 fully saturated rings. The summed E-state index contributed by atoms with van der Waals surface area (Å²) in [6, 6.07) is 0. The molecule has 0 heterocycles. The Labute approximate surface area is 431 Å². The van der Waals surface area contributed by atoms with Crippen LogP contribution in [0.2, 0.25) is 0 Å². The van der Waals surface area contributed by atoms with Gasteiger partial charge in [0.05, 0.1) is 27.7 Å². The lowest BCUT2D eigenvalue weighted by atomic mass is 10.0. The summed E-state index contributed by atoms with van der Waals surface area (Å²) in [7, 11) is 1.17. The van der Waals surface area contributed by atoms with Gasteiger partial charge < -0.3 is 27.9 Å². The summed E-state index contributed by atoms with van der Waals surface area (Å²) in [5.74, 6) is -0.838. The summed E-state index contributed by atoms with van der Waals surface area (Å²) < 4.78 is 33.9. The molecule has 0 aliphatic heterocycles. The molecule has 0 aromatic heterocycles. The number of hydrogen-bond donors (Lipinski definition) is 0. The van der Waals surface area contributed by atoms with Crippen molar-refractivity contribution in [1.29, 1.82) is 0 Å². The molecule has 0 N–H and O–H groups in total. The first-order valence-corrected chi connectivity index (χ1v) is 29.8. The van der Waals surface area contributed by atoms with Crippen LogP contribution in [0.25, 0.3) is 0 Å². The average Bonchev–Trinajstić information content (AvgIpc) is 3.32. The number of phosphoric ester groups is 1. The monoisotopic (exact) mass is 1000 g/mol. The van der Waals surface area contributed by atoms with Crippen molar-refractivity contribution >= 4 is 19.8 Å². The van der Waals surface area contributed by atoms with Crippen LogP contribution in [-0.4, -0.2) is 70.0 Å². The third-order valence-electron chi connectivity index (χ3n) is 11.9.